The predicted octanol–water partition coefficient (Wildman–Crippen LogP) is 3.78. The number of ether oxygens (including phenoxy) is 3. The van der Waals surface area contributed by atoms with Crippen LogP contribution in [0.1, 0.15) is 29.2 Å². The van der Waals surface area contributed by atoms with Crippen molar-refractivity contribution in [2.75, 3.05) is 50.9 Å². The highest BCUT2D eigenvalue weighted by atomic mass is 19.1. The van der Waals surface area contributed by atoms with Crippen molar-refractivity contribution in [3.05, 3.63) is 52.1 Å². The van der Waals surface area contributed by atoms with Crippen LogP contribution in [0.4, 0.5) is 14.5 Å². The number of hydrogen-bond acceptors (Lipinski definition) is 5. The Bertz CT molecular complexity index is 913. The van der Waals surface area contributed by atoms with Crippen molar-refractivity contribution in [2.24, 2.45) is 0 Å². The van der Waals surface area contributed by atoms with Gasteiger partial charge < -0.3 is 24.4 Å². The summed E-state index contributed by atoms with van der Waals surface area (Å²) in [6.45, 7) is 8.58. The average molecular weight is 433 g/mol. The third kappa shape index (κ3) is 4.77. The Kier molecular flexibility index (Phi) is 6.92. The van der Waals surface area contributed by atoms with Gasteiger partial charge >= 0.3 is 0 Å². The van der Waals surface area contributed by atoms with E-state index in [0.29, 0.717) is 31.9 Å². The van der Waals surface area contributed by atoms with Gasteiger partial charge in [-0.2, -0.15) is 0 Å². The highest BCUT2D eigenvalue weighted by Crippen LogP contribution is 2.39. The topological polar surface area (TPSA) is 43.0 Å². The molecule has 0 unspecified atom stereocenters. The molecule has 0 radical (unpaired) electrons. The summed E-state index contributed by atoms with van der Waals surface area (Å²) in [6.07, 6.45) is 1.98. The number of anilines is 1. The molecule has 5 nitrogen and oxygen atoms in total. The van der Waals surface area contributed by atoms with Crippen molar-refractivity contribution < 1.29 is 23.0 Å². The van der Waals surface area contributed by atoms with E-state index in [4.69, 9.17) is 14.2 Å². The Labute approximate surface area is 182 Å². The Morgan fingerprint density at radius 2 is 1.90 bits per heavy atom. The summed E-state index contributed by atoms with van der Waals surface area (Å²) >= 11 is 0. The van der Waals surface area contributed by atoms with Gasteiger partial charge in [0.25, 0.3) is 0 Å². The van der Waals surface area contributed by atoms with Crippen LogP contribution >= 0.6 is 0 Å². The lowest BCUT2D eigenvalue weighted by atomic mass is 9.94. The van der Waals surface area contributed by atoms with Gasteiger partial charge in [-0.25, -0.2) is 8.78 Å². The smallest absolute Gasteiger partial charge is 0.190 e. The van der Waals surface area contributed by atoms with Crippen molar-refractivity contribution >= 4 is 5.69 Å². The molecule has 2 aromatic rings. The Balaban J connectivity index is 1.47. The Morgan fingerprint density at radius 1 is 1.13 bits per heavy atom. The predicted molar refractivity (Wildman–Crippen MR) is 116 cm³/mol. The molecule has 31 heavy (non-hydrogen) atoms. The standard InChI is InChI=1S/C24H30F2N2O3/c1-3-29-15-17-12-20(25)24(21(26)13-17)31-11-9-28-8-10-30-22-14-18-4-6-27-7-5-19(18)16(2)23(22)28/h12-14,27H,3-11,15H2,1-2H3. The van der Waals surface area contributed by atoms with Gasteiger partial charge in [-0.05, 0) is 80.2 Å². The molecule has 2 heterocycles. The molecule has 0 aliphatic carbocycles. The molecule has 2 aromatic carbocycles. The Hall–Kier alpha value is -2.38. The molecule has 0 spiro atoms. The first-order valence-corrected chi connectivity index (χ1v) is 11.0. The van der Waals surface area contributed by atoms with Crippen LogP contribution in [0, 0.1) is 18.6 Å². The average Bonchev–Trinajstić information content (AvgIpc) is 3.00. The van der Waals surface area contributed by atoms with Crippen molar-refractivity contribution in [2.45, 2.75) is 33.3 Å². The van der Waals surface area contributed by atoms with Gasteiger partial charge in [-0.15, -0.1) is 0 Å². The van der Waals surface area contributed by atoms with E-state index in [9.17, 15) is 8.78 Å². The zero-order valence-electron chi connectivity index (χ0n) is 18.2. The quantitative estimate of drug-likeness (QED) is 0.722. The molecule has 0 aromatic heterocycles. The molecular weight excluding hydrogens is 402 g/mol. The summed E-state index contributed by atoms with van der Waals surface area (Å²) in [7, 11) is 0. The van der Waals surface area contributed by atoms with Gasteiger partial charge in [0.2, 0.25) is 0 Å². The monoisotopic (exact) mass is 432 g/mol. The van der Waals surface area contributed by atoms with E-state index in [1.165, 1.54) is 28.8 Å². The molecule has 4 rings (SSSR count). The van der Waals surface area contributed by atoms with Crippen molar-refractivity contribution in [1.29, 1.82) is 0 Å². The number of benzene rings is 2. The third-order valence-electron chi connectivity index (χ3n) is 5.93. The van der Waals surface area contributed by atoms with Crippen molar-refractivity contribution in [3.63, 3.8) is 0 Å². The second-order valence-corrected chi connectivity index (χ2v) is 7.95. The van der Waals surface area contributed by atoms with Crippen molar-refractivity contribution in [1.82, 2.24) is 5.32 Å². The highest BCUT2D eigenvalue weighted by Gasteiger charge is 2.25. The molecule has 2 aliphatic heterocycles. The molecule has 1 N–H and O–H groups in total. The summed E-state index contributed by atoms with van der Waals surface area (Å²) in [5.74, 6) is -0.849. The molecule has 0 saturated heterocycles. The highest BCUT2D eigenvalue weighted by molar-refractivity contribution is 5.69. The molecule has 0 saturated carbocycles. The van der Waals surface area contributed by atoms with E-state index in [2.05, 4.69) is 23.2 Å². The van der Waals surface area contributed by atoms with Gasteiger partial charge in [0.05, 0.1) is 25.4 Å². The molecule has 0 bridgehead atoms. The first-order chi connectivity index (χ1) is 15.1. The SMILES string of the molecule is CCOCc1cc(F)c(OCCN2CCOc3cc4c(c(C)c32)CCNCC4)c(F)c1. The normalized spacial score (nSPS) is 15.7. The van der Waals surface area contributed by atoms with E-state index >= 15 is 0 Å². The van der Waals surface area contributed by atoms with Crippen LogP contribution in [0.2, 0.25) is 0 Å². The largest absolute Gasteiger partial charge is 0.490 e. The zero-order valence-corrected chi connectivity index (χ0v) is 18.2. The van der Waals surface area contributed by atoms with Gasteiger partial charge in [-0.1, -0.05) is 0 Å². The second-order valence-electron chi connectivity index (χ2n) is 7.95. The summed E-state index contributed by atoms with van der Waals surface area (Å²) in [6, 6.07) is 4.70. The third-order valence-corrected chi connectivity index (χ3v) is 5.93. The van der Waals surface area contributed by atoms with Crippen LogP contribution in [-0.4, -0.2) is 46.0 Å². The van der Waals surface area contributed by atoms with Crippen LogP contribution in [-0.2, 0) is 24.2 Å². The summed E-state index contributed by atoms with van der Waals surface area (Å²) < 4.78 is 45.5. The van der Waals surface area contributed by atoms with Gasteiger partial charge in [0, 0.05) is 6.61 Å². The fraction of sp³-hybridized carbons (Fsp3) is 0.500. The maximum Gasteiger partial charge on any atom is 0.190 e. The lowest BCUT2D eigenvalue weighted by Crippen LogP contribution is -2.36. The number of rotatable bonds is 7. The van der Waals surface area contributed by atoms with Crippen LogP contribution in [0.25, 0.3) is 0 Å². The molecular formula is C24H30F2N2O3. The van der Waals surface area contributed by atoms with Gasteiger partial charge in [0.15, 0.2) is 17.4 Å². The number of hydrogen-bond donors (Lipinski definition) is 1. The first kappa shape index (κ1) is 21.8. The maximum absolute atomic E-state index is 14.4. The second kappa shape index (κ2) is 9.83. The summed E-state index contributed by atoms with van der Waals surface area (Å²) in [5.41, 5.74) is 5.48. The molecule has 0 fully saturated rings. The van der Waals surface area contributed by atoms with E-state index in [1.807, 2.05) is 6.92 Å². The van der Waals surface area contributed by atoms with E-state index < -0.39 is 11.6 Å². The first-order valence-electron chi connectivity index (χ1n) is 11.0. The molecule has 2 aliphatic rings. The van der Waals surface area contributed by atoms with Crippen LogP contribution in [0.3, 0.4) is 0 Å². The summed E-state index contributed by atoms with van der Waals surface area (Å²) in [5, 5.41) is 3.45. The van der Waals surface area contributed by atoms with E-state index in [1.54, 1.807) is 0 Å². The fourth-order valence-corrected chi connectivity index (χ4v) is 4.43. The van der Waals surface area contributed by atoms with Crippen LogP contribution < -0.4 is 19.7 Å². The lowest BCUT2D eigenvalue weighted by Gasteiger charge is -2.34. The van der Waals surface area contributed by atoms with Crippen LogP contribution in [0.15, 0.2) is 18.2 Å². The number of nitrogens with zero attached hydrogens (tertiary/aromatic N) is 1. The minimum absolute atomic E-state index is 0.175. The van der Waals surface area contributed by atoms with Crippen LogP contribution in [0.5, 0.6) is 11.5 Å². The molecule has 0 atom stereocenters. The van der Waals surface area contributed by atoms with E-state index in [-0.39, 0.29) is 19.0 Å². The minimum atomic E-state index is -0.703. The summed E-state index contributed by atoms with van der Waals surface area (Å²) in [4.78, 5) is 2.20. The molecule has 0 amide bonds. The van der Waals surface area contributed by atoms with E-state index in [0.717, 1.165) is 37.4 Å². The number of nitrogens with one attached hydrogen (secondary N) is 1. The minimum Gasteiger partial charge on any atom is -0.490 e. The molecule has 168 valence electrons. The maximum atomic E-state index is 14.4. The zero-order chi connectivity index (χ0) is 21.8. The van der Waals surface area contributed by atoms with Gasteiger partial charge in [-0.3, -0.25) is 0 Å². The number of halogens is 2. The lowest BCUT2D eigenvalue weighted by molar-refractivity contribution is 0.133. The number of fused-ring (bicyclic) bond motifs is 2. The molecule has 7 heteroatoms. The fourth-order valence-electron chi connectivity index (χ4n) is 4.43. The van der Waals surface area contributed by atoms with Crippen molar-refractivity contribution in [3.8, 4) is 11.5 Å². The Morgan fingerprint density at radius 3 is 2.68 bits per heavy atom. The van der Waals surface area contributed by atoms with Gasteiger partial charge in [0.1, 0.15) is 19.0 Å².